The summed E-state index contributed by atoms with van der Waals surface area (Å²) in [6.45, 7) is 2.00. The van der Waals surface area contributed by atoms with E-state index in [2.05, 4.69) is 0 Å². The van der Waals surface area contributed by atoms with E-state index in [4.69, 9.17) is 4.74 Å². The summed E-state index contributed by atoms with van der Waals surface area (Å²) < 4.78 is 5.07. The van der Waals surface area contributed by atoms with Gasteiger partial charge in [-0.05, 0) is 19.3 Å². The Kier molecular flexibility index (Phi) is 11.9. The summed E-state index contributed by atoms with van der Waals surface area (Å²) in [5.74, 6) is 0. The van der Waals surface area contributed by atoms with E-state index < -0.39 is 0 Å². The van der Waals surface area contributed by atoms with Crippen molar-refractivity contribution >= 4 is 35.2 Å². The molecule has 1 nitrogen and oxygen atoms in total. The average Bonchev–Trinajstić information content (AvgIpc) is 1.72. The summed E-state index contributed by atoms with van der Waals surface area (Å²) >= 11 is 0. The summed E-state index contributed by atoms with van der Waals surface area (Å²) in [6, 6.07) is 0. The molecule has 0 N–H and O–H groups in total. The summed E-state index contributed by atoms with van der Waals surface area (Å²) in [5, 5.41) is 0. The standard InChI is InChI=1S/C5H10O.2GeH4/c1-2-4-6-5-3-1;;/h1-5H2;2*1H4. The molecule has 1 aliphatic heterocycles. The predicted octanol–water partition coefficient (Wildman–Crippen LogP) is -1.72. The zero-order valence-corrected chi connectivity index (χ0v) is 3.94. The average molecular weight is 239 g/mol. The molecule has 0 spiro atoms. The van der Waals surface area contributed by atoms with Gasteiger partial charge in [-0.25, -0.2) is 0 Å². The maximum absolute atomic E-state index is 5.07. The molecule has 0 aromatic carbocycles. The van der Waals surface area contributed by atoms with Crippen molar-refractivity contribution in [3.8, 4) is 0 Å². The molecule has 1 heterocycles. The van der Waals surface area contributed by atoms with Crippen LogP contribution in [0.3, 0.4) is 0 Å². The van der Waals surface area contributed by atoms with Gasteiger partial charge in [0.05, 0.1) is 0 Å². The normalized spacial score (nSPS) is 18.0. The molecule has 3 heteroatoms. The number of ether oxygens (including phenoxy) is 1. The predicted molar refractivity (Wildman–Crippen MR) is 47.3 cm³/mol. The second kappa shape index (κ2) is 8.05. The molecule has 52 valence electrons. The monoisotopic (exact) mass is 242 g/mol. The Bertz CT molecular complexity index is 25.9. The van der Waals surface area contributed by atoms with Crippen LogP contribution in [-0.2, 0) is 4.74 Å². The van der Waals surface area contributed by atoms with E-state index in [0.29, 0.717) is 0 Å². The molecule has 0 radical (unpaired) electrons. The third kappa shape index (κ3) is 5.19. The Morgan fingerprint density at radius 1 is 0.750 bits per heavy atom. The van der Waals surface area contributed by atoms with Crippen molar-refractivity contribution < 1.29 is 4.74 Å². The Balaban J connectivity index is 0. The van der Waals surface area contributed by atoms with Gasteiger partial charge in [0, 0.05) is 13.2 Å². The summed E-state index contributed by atoms with van der Waals surface area (Å²) in [6.07, 6.45) is 3.93. The van der Waals surface area contributed by atoms with E-state index in [1.807, 2.05) is 0 Å². The Morgan fingerprint density at radius 3 is 1.38 bits per heavy atom. The molecule has 1 saturated heterocycles. The van der Waals surface area contributed by atoms with Crippen molar-refractivity contribution in [2.24, 2.45) is 0 Å². The SMILES string of the molecule is C1CCOCC1.[GeH4].[GeH4]. The van der Waals surface area contributed by atoms with Crippen molar-refractivity contribution in [1.29, 1.82) is 0 Å². The molecular weight excluding hydrogens is 221 g/mol. The van der Waals surface area contributed by atoms with Crippen LogP contribution in [-0.4, -0.2) is 48.4 Å². The van der Waals surface area contributed by atoms with Gasteiger partial charge in [-0.3, -0.25) is 0 Å². The molecule has 0 aromatic rings. The van der Waals surface area contributed by atoms with Gasteiger partial charge in [-0.1, -0.05) is 0 Å². The summed E-state index contributed by atoms with van der Waals surface area (Å²) in [4.78, 5) is 0. The van der Waals surface area contributed by atoms with E-state index >= 15 is 0 Å². The van der Waals surface area contributed by atoms with Crippen molar-refractivity contribution in [3.63, 3.8) is 0 Å². The van der Waals surface area contributed by atoms with Gasteiger partial charge in [0.25, 0.3) is 0 Å². The van der Waals surface area contributed by atoms with Crippen LogP contribution >= 0.6 is 0 Å². The summed E-state index contributed by atoms with van der Waals surface area (Å²) in [5.41, 5.74) is 0. The van der Waals surface area contributed by atoms with Gasteiger partial charge >= 0.3 is 35.2 Å². The second-order valence-corrected chi connectivity index (χ2v) is 1.67. The number of hydrogen-bond donors (Lipinski definition) is 0. The molecule has 0 atom stereocenters. The van der Waals surface area contributed by atoms with Crippen LogP contribution in [0.25, 0.3) is 0 Å². The first-order valence-corrected chi connectivity index (χ1v) is 2.58. The molecule has 0 aliphatic carbocycles. The fourth-order valence-electron chi connectivity index (χ4n) is 0.687. The Hall–Kier alpha value is 1.05. The van der Waals surface area contributed by atoms with E-state index in [-0.39, 0.29) is 35.2 Å². The van der Waals surface area contributed by atoms with Gasteiger partial charge in [0.1, 0.15) is 0 Å². The topological polar surface area (TPSA) is 9.23 Å². The molecule has 1 rings (SSSR count). The van der Waals surface area contributed by atoms with E-state index in [1.165, 1.54) is 19.3 Å². The van der Waals surface area contributed by atoms with Crippen LogP contribution in [0.5, 0.6) is 0 Å². The molecule has 1 aliphatic rings. The molecule has 0 saturated carbocycles. The van der Waals surface area contributed by atoms with Crippen molar-refractivity contribution in [2.75, 3.05) is 13.2 Å². The zero-order valence-electron chi connectivity index (χ0n) is 3.94. The minimum absolute atomic E-state index is 0. The molecule has 0 bridgehead atoms. The summed E-state index contributed by atoms with van der Waals surface area (Å²) in [7, 11) is 0. The van der Waals surface area contributed by atoms with E-state index in [0.717, 1.165) is 13.2 Å². The first-order valence-electron chi connectivity index (χ1n) is 2.58. The van der Waals surface area contributed by atoms with Crippen LogP contribution in [0, 0.1) is 0 Å². The van der Waals surface area contributed by atoms with Crippen LogP contribution in [0.1, 0.15) is 19.3 Å². The third-order valence-electron chi connectivity index (χ3n) is 1.08. The second-order valence-electron chi connectivity index (χ2n) is 1.67. The van der Waals surface area contributed by atoms with E-state index in [9.17, 15) is 0 Å². The minimum atomic E-state index is 0. The molecule has 8 heavy (non-hydrogen) atoms. The van der Waals surface area contributed by atoms with Crippen molar-refractivity contribution in [2.45, 2.75) is 19.3 Å². The molecule has 0 amide bonds. The van der Waals surface area contributed by atoms with Crippen LogP contribution in [0.2, 0.25) is 0 Å². The van der Waals surface area contributed by atoms with Crippen molar-refractivity contribution in [3.05, 3.63) is 0 Å². The first-order chi connectivity index (χ1) is 3.00. The number of rotatable bonds is 0. The Morgan fingerprint density at radius 2 is 1.25 bits per heavy atom. The van der Waals surface area contributed by atoms with Gasteiger partial charge in [-0.15, -0.1) is 0 Å². The fraction of sp³-hybridized carbons (Fsp3) is 1.00. The molecule has 0 unspecified atom stereocenters. The number of hydrogen-bond acceptors (Lipinski definition) is 1. The first kappa shape index (κ1) is 11.8. The van der Waals surface area contributed by atoms with Crippen LogP contribution in [0.15, 0.2) is 0 Å². The fourth-order valence-corrected chi connectivity index (χ4v) is 0.687. The van der Waals surface area contributed by atoms with Gasteiger partial charge in [-0.2, -0.15) is 0 Å². The van der Waals surface area contributed by atoms with Crippen molar-refractivity contribution in [1.82, 2.24) is 0 Å². The molecule has 1 fully saturated rings. The van der Waals surface area contributed by atoms with E-state index in [1.54, 1.807) is 0 Å². The van der Waals surface area contributed by atoms with Gasteiger partial charge < -0.3 is 4.74 Å². The van der Waals surface area contributed by atoms with Crippen LogP contribution in [0.4, 0.5) is 0 Å². The van der Waals surface area contributed by atoms with Gasteiger partial charge in [0.2, 0.25) is 0 Å². The maximum atomic E-state index is 5.07. The molecule has 0 aromatic heterocycles. The Labute approximate surface area is 72.5 Å². The molecular formula is C5H18Ge2O. The quantitative estimate of drug-likeness (QED) is 0.457. The zero-order chi connectivity index (χ0) is 4.24. The van der Waals surface area contributed by atoms with Crippen LogP contribution < -0.4 is 0 Å². The third-order valence-corrected chi connectivity index (χ3v) is 1.08. The van der Waals surface area contributed by atoms with Gasteiger partial charge in [0.15, 0.2) is 0 Å².